The molecule has 1 aromatic carbocycles. The molecule has 0 aliphatic heterocycles. The lowest BCUT2D eigenvalue weighted by atomic mass is 10.3. The Kier molecular flexibility index (Phi) is 5.39. The molecule has 0 bridgehead atoms. The average Bonchev–Trinajstić information content (AvgIpc) is 2.35. The molecule has 0 saturated carbocycles. The average molecular weight is 355 g/mol. The summed E-state index contributed by atoms with van der Waals surface area (Å²) in [5.74, 6) is -1.17. The van der Waals surface area contributed by atoms with Gasteiger partial charge in [-0.2, -0.15) is 4.39 Å². The van der Waals surface area contributed by atoms with E-state index in [0.717, 1.165) is 16.4 Å². The maximum absolute atomic E-state index is 13.4. The minimum absolute atomic E-state index is 0.270. The van der Waals surface area contributed by atoms with Crippen LogP contribution >= 0.6 is 15.9 Å². The van der Waals surface area contributed by atoms with Gasteiger partial charge in [0.05, 0.1) is 9.82 Å². The molecule has 0 unspecified atom stereocenters. The van der Waals surface area contributed by atoms with Crippen LogP contribution in [-0.4, -0.2) is 36.6 Å². The van der Waals surface area contributed by atoms with Crippen molar-refractivity contribution in [3.05, 3.63) is 34.1 Å². The summed E-state index contributed by atoms with van der Waals surface area (Å²) < 4.78 is 38.6. The number of hydrogen-bond donors (Lipinski definition) is 0. The van der Waals surface area contributed by atoms with Gasteiger partial charge in [-0.05, 0) is 12.5 Å². The predicted molar refractivity (Wildman–Crippen MR) is 71.3 cm³/mol. The van der Waals surface area contributed by atoms with Gasteiger partial charge in [0.15, 0.2) is 0 Å². The van der Waals surface area contributed by atoms with Crippen LogP contribution < -0.4 is 0 Å². The molecule has 0 aliphatic rings. The zero-order chi connectivity index (χ0) is 14.6. The number of nitro benzene ring substituents is 1. The number of hydrogen-bond acceptors (Lipinski definition) is 4. The third-order valence-corrected chi connectivity index (χ3v) is 4.84. The molecule has 9 heteroatoms. The van der Waals surface area contributed by atoms with Gasteiger partial charge in [0.1, 0.15) is 0 Å². The molecule has 6 nitrogen and oxygen atoms in total. The summed E-state index contributed by atoms with van der Waals surface area (Å²) in [6.45, 7) is 0.270. The van der Waals surface area contributed by atoms with E-state index in [1.54, 1.807) is 0 Å². The number of alkyl halides is 1. The fourth-order valence-electron chi connectivity index (χ4n) is 1.38. The molecule has 0 amide bonds. The van der Waals surface area contributed by atoms with E-state index in [-0.39, 0.29) is 11.4 Å². The van der Waals surface area contributed by atoms with Gasteiger partial charge in [-0.15, -0.1) is 0 Å². The van der Waals surface area contributed by atoms with E-state index < -0.39 is 26.5 Å². The number of sulfonamides is 1. The van der Waals surface area contributed by atoms with Gasteiger partial charge in [-0.25, -0.2) is 12.7 Å². The number of benzene rings is 1. The molecule has 0 spiro atoms. The molecular weight excluding hydrogens is 343 g/mol. The first-order chi connectivity index (χ1) is 8.80. The molecule has 0 radical (unpaired) electrons. The van der Waals surface area contributed by atoms with Crippen molar-refractivity contribution in [3.63, 3.8) is 0 Å². The van der Waals surface area contributed by atoms with Gasteiger partial charge in [0.2, 0.25) is 15.8 Å². The highest BCUT2D eigenvalue weighted by Crippen LogP contribution is 2.22. The van der Waals surface area contributed by atoms with Crippen molar-refractivity contribution in [3.8, 4) is 0 Å². The van der Waals surface area contributed by atoms with E-state index in [2.05, 4.69) is 15.9 Å². The predicted octanol–water partition coefficient (Wildman–Crippen LogP) is 2.14. The van der Waals surface area contributed by atoms with E-state index in [1.165, 1.54) is 7.05 Å². The first-order valence-electron chi connectivity index (χ1n) is 5.27. The van der Waals surface area contributed by atoms with Crippen LogP contribution in [0.25, 0.3) is 0 Å². The highest BCUT2D eigenvalue weighted by atomic mass is 79.9. The smallest absolute Gasteiger partial charge is 0.258 e. The lowest BCUT2D eigenvalue weighted by molar-refractivity contribution is -0.387. The second-order valence-corrected chi connectivity index (χ2v) is 6.58. The first-order valence-corrected chi connectivity index (χ1v) is 7.83. The standard InChI is InChI=1S/C10H12BrFN2O4S/c1-13(6-2-5-11)19(17,18)8-3-4-10(14(15)16)9(12)7-8/h3-4,7H,2,5-6H2,1H3. The van der Waals surface area contributed by atoms with Crippen LogP contribution in [0.15, 0.2) is 23.1 Å². The van der Waals surface area contributed by atoms with Gasteiger partial charge >= 0.3 is 5.69 Å². The summed E-state index contributed by atoms with van der Waals surface area (Å²) in [5.41, 5.74) is -0.748. The Morgan fingerprint density at radius 3 is 2.58 bits per heavy atom. The quantitative estimate of drug-likeness (QED) is 0.445. The summed E-state index contributed by atoms with van der Waals surface area (Å²) in [6, 6.07) is 2.54. The van der Waals surface area contributed by atoms with Crippen LogP contribution in [0.4, 0.5) is 10.1 Å². The monoisotopic (exact) mass is 354 g/mol. The third-order valence-electron chi connectivity index (χ3n) is 2.43. The molecule has 0 aromatic heterocycles. The molecule has 0 fully saturated rings. The zero-order valence-corrected chi connectivity index (χ0v) is 12.4. The van der Waals surface area contributed by atoms with Crippen LogP contribution in [0.2, 0.25) is 0 Å². The lowest BCUT2D eigenvalue weighted by Crippen LogP contribution is -2.28. The number of rotatable bonds is 6. The summed E-state index contributed by atoms with van der Waals surface area (Å²) in [4.78, 5) is 9.26. The van der Waals surface area contributed by atoms with E-state index in [1.807, 2.05) is 0 Å². The van der Waals surface area contributed by atoms with Crippen molar-refractivity contribution in [1.82, 2.24) is 4.31 Å². The molecular formula is C10H12BrFN2O4S. The summed E-state index contributed by atoms with van der Waals surface area (Å²) in [5, 5.41) is 11.1. The number of nitrogens with zero attached hydrogens (tertiary/aromatic N) is 2. The van der Waals surface area contributed by atoms with Crippen molar-refractivity contribution in [1.29, 1.82) is 0 Å². The zero-order valence-electron chi connectivity index (χ0n) is 10.0. The van der Waals surface area contributed by atoms with Gasteiger partial charge in [-0.1, -0.05) is 15.9 Å². The largest absolute Gasteiger partial charge is 0.304 e. The van der Waals surface area contributed by atoms with Gasteiger partial charge in [0, 0.05) is 31.1 Å². The molecule has 1 rings (SSSR count). The Morgan fingerprint density at radius 1 is 1.47 bits per heavy atom. The topological polar surface area (TPSA) is 80.5 Å². The lowest BCUT2D eigenvalue weighted by Gasteiger charge is -2.16. The Labute approximate surface area is 118 Å². The highest BCUT2D eigenvalue weighted by Gasteiger charge is 2.24. The van der Waals surface area contributed by atoms with Crippen LogP contribution in [0.3, 0.4) is 0 Å². The SMILES string of the molecule is CN(CCCBr)S(=O)(=O)c1ccc([N+](=O)[O-])c(F)c1. The summed E-state index contributed by atoms with van der Waals surface area (Å²) in [7, 11) is -2.45. The van der Waals surface area contributed by atoms with Crippen LogP contribution in [0.1, 0.15) is 6.42 Å². The van der Waals surface area contributed by atoms with E-state index >= 15 is 0 Å². The molecule has 0 saturated heterocycles. The minimum atomic E-state index is -3.83. The molecule has 0 N–H and O–H groups in total. The van der Waals surface area contributed by atoms with E-state index in [0.29, 0.717) is 17.8 Å². The van der Waals surface area contributed by atoms with Gasteiger partial charge in [0.25, 0.3) is 0 Å². The fourth-order valence-corrected chi connectivity index (χ4v) is 2.85. The van der Waals surface area contributed by atoms with Crippen molar-refractivity contribution >= 4 is 31.6 Å². The van der Waals surface area contributed by atoms with Gasteiger partial charge in [-0.3, -0.25) is 10.1 Å². The first kappa shape index (κ1) is 16.0. The van der Waals surface area contributed by atoms with Crippen LogP contribution in [0, 0.1) is 15.9 Å². The van der Waals surface area contributed by atoms with Gasteiger partial charge < -0.3 is 0 Å². The van der Waals surface area contributed by atoms with Crippen molar-refractivity contribution in [2.75, 3.05) is 18.9 Å². The Bertz CT molecular complexity index is 579. The molecule has 1 aromatic rings. The maximum Gasteiger partial charge on any atom is 0.304 e. The number of halogens is 2. The molecule has 106 valence electrons. The third kappa shape index (κ3) is 3.71. The van der Waals surface area contributed by atoms with Crippen LogP contribution in [-0.2, 0) is 10.0 Å². The molecule has 0 atom stereocenters. The number of nitro groups is 1. The molecule has 0 aliphatic carbocycles. The highest BCUT2D eigenvalue weighted by molar-refractivity contribution is 9.09. The maximum atomic E-state index is 13.4. The van der Waals surface area contributed by atoms with Crippen LogP contribution in [0.5, 0.6) is 0 Å². The van der Waals surface area contributed by atoms with E-state index in [9.17, 15) is 22.9 Å². The van der Waals surface area contributed by atoms with Crippen molar-refractivity contribution < 1.29 is 17.7 Å². The second kappa shape index (κ2) is 6.40. The summed E-state index contributed by atoms with van der Waals surface area (Å²) >= 11 is 3.18. The summed E-state index contributed by atoms with van der Waals surface area (Å²) in [6.07, 6.45) is 0.602. The molecule has 19 heavy (non-hydrogen) atoms. The Balaban J connectivity index is 3.09. The minimum Gasteiger partial charge on any atom is -0.258 e. The fraction of sp³-hybridized carbons (Fsp3) is 0.400. The van der Waals surface area contributed by atoms with Crippen molar-refractivity contribution in [2.24, 2.45) is 0 Å². The Hall–Kier alpha value is -1.06. The van der Waals surface area contributed by atoms with E-state index in [4.69, 9.17) is 0 Å². The van der Waals surface area contributed by atoms with Crippen molar-refractivity contribution in [2.45, 2.75) is 11.3 Å². The molecule has 0 heterocycles. The normalized spacial score (nSPS) is 11.8. The Morgan fingerprint density at radius 2 is 2.11 bits per heavy atom. The second-order valence-electron chi connectivity index (χ2n) is 3.74.